The Bertz CT molecular complexity index is 113. The minimum atomic E-state index is -1.16. The Labute approximate surface area is 57.8 Å². The van der Waals surface area contributed by atoms with Gasteiger partial charge in [0.05, 0.1) is 12.0 Å². The standard InChI is InChI=1S/C5H10O5/c1-3(5(7)8)4(6)2-10-9/h3-4,6,9H,2H2,1H3,(H,7,8). The van der Waals surface area contributed by atoms with Crippen LogP contribution in [0.15, 0.2) is 0 Å². The molecule has 0 saturated carbocycles. The van der Waals surface area contributed by atoms with Gasteiger partial charge in [0.2, 0.25) is 0 Å². The van der Waals surface area contributed by atoms with Crippen molar-refractivity contribution in [3.63, 3.8) is 0 Å². The third-order valence-corrected chi connectivity index (χ3v) is 1.21. The molecule has 0 fully saturated rings. The van der Waals surface area contributed by atoms with Crippen LogP contribution in [0.5, 0.6) is 0 Å². The van der Waals surface area contributed by atoms with Crippen molar-refractivity contribution in [1.82, 2.24) is 0 Å². The van der Waals surface area contributed by atoms with E-state index in [0.29, 0.717) is 0 Å². The SMILES string of the molecule is CC(C(=O)O)C(O)COO. The van der Waals surface area contributed by atoms with Gasteiger partial charge in [0, 0.05) is 0 Å². The number of hydrogen-bond acceptors (Lipinski definition) is 4. The maximum absolute atomic E-state index is 10.1. The predicted molar refractivity (Wildman–Crippen MR) is 31.4 cm³/mol. The molecule has 0 aliphatic heterocycles. The van der Waals surface area contributed by atoms with Gasteiger partial charge in [-0.2, -0.15) is 0 Å². The largest absolute Gasteiger partial charge is 0.481 e. The van der Waals surface area contributed by atoms with Crippen molar-refractivity contribution in [2.24, 2.45) is 5.92 Å². The van der Waals surface area contributed by atoms with Gasteiger partial charge in [-0.05, 0) is 6.92 Å². The van der Waals surface area contributed by atoms with Crippen molar-refractivity contribution in [1.29, 1.82) is 0 Å². The van der Waals surface area contributed by atoms with E-state index in [1.165, 1.54) is 6.92 Å². The lowest BCUT2D eigenvalue weighted by molar-refractivity contribution is -0.260. The molecule has 0 aliphatic rings. The topological polar surface area (TPSA) is 87.0 Å². The van der Waals surface area contributed by atoms with E-state index >= 15 is 0 Å². The van der Waals surface area contributed by atoms with Crippen LogP contribution >= 0.6 is 0 Å². The molecule has 0 radical (unpaired) electrons. The fraction of sp³-hybridized carbons (Fsp3) is 0.800. The summed E-state index contributed by atoms with van der Waals surface area (Å²) in [6.07, 6.45) is -1.16. The molecule has 10 heavy (non-hydrogen) atoms. The summed E-state index contributed by atoms with van der Waals surface area (Å²) in [5.41, 5.74) is 0. The maximum atomic E-state index is 10.1. The van der Waals surface area contributed by atoms with Crippen LogP contribution in [0, 0.1) is 5.92 Å². The molecule has 0 spiro atoms. The van der Waals surface area contributed by atoms with E-state index < -0.39 is 18.0 Å². The molecule has 0 rings (SSSR count). The van der Waals surface area contributed by atoms with Crippen molar-refractivity contribution in [3.8, 4) is 0 Å². The van der Waals surface area contributed by atoms with Gasteiger partial charge >= 0.3 is 5.97 Å². The van der Waals surface area contributed by atoms with E-state index in [-0.39, 0.29) is 6.61 Å². The number of aliphatic hydroxyl groups is 1. The van der Waals surface area contributed by atoms with E-state index in [9.17, 15) is 4.79 Å². The van der Waals surface area contributed by atoms with E-state index in [1.807, 2.05) is 0 Å². The average Bonchev–Trinajstić information content (AvgIpc) is 1.87. The number of carbonyl (C=O) groups is 1. The molecule has 0 aromatic heterocycles. The van der Waals surface area contributed by atoms with E-state index in [2.05, 4.69) is 4.89 Å². The van der Waals surface area contributed by atoms with Gasteiger partial charge < -0.3 is 10.2 Å². The summed E-state index contributed by atoms with van der Waals surface area (Å²) in [5, 5.41) is 24.9. The number of carboxylic acids is 1. The number of aliphatic carboxylic acids is 1. The fourth-order valence-electron chi connectivity index (χ4n) is 0.385. The van der Waals surface area contributed by atoms with Gasteiger partial charge in [-0.1, -0.05) is 0 Å². The first kappa shape index (κ1) is 9.35. The number of carboxylic acid groups (broad SMARTS) is 1. The first-order chi connectivity index (χ1) is 4.59. The molecule has 5 heteroatoms. The quantitative estimate of drug-likeness (QED) is 0.373. The predicted octanol–water partition coefficient (Wildman–Crippen LogP) is -0.442. The molecule has 0 aromatic rings. The minimum Gasteiger partial charge on any atom is -0.481 e. The molecule has 0 heterocycles. The molecular weight excluding hydrogens is 140 g/mol. The minimum absolute atomic E-state index is 0.381. The molecule has 0 aliphatic carbocycles. The highest BCUT2D eigenvalue weighted by Crippen LogP contribution is 2.02. The van der Waals surface area contributed by atoms with Crippen molar-refractivity contribution in [3.05, 3.63) is 0 Å². The second kappa shape index (κ2) is 4.21. The maximum Gasteiger partial charge on any atom is 0.308 e. The van der Waals surface area contributed by atoms with Crippen molar-refractivity contribution in [2.75, 3.05) is 6.61 Å². The van der Waals surface area contributed by atoms with Crippen LogP contribution in [0.1, 0.15) is 6.92 Å². The molecule has 0 aromatic carbocycles. The van der Waals surface area contributed by atoms with Crippen molar-refractivity contribution < 1.29 is 25.2 Å². The Morgan fingerprint density at radius 2 is 2.20 bits per heavy atom. The van der Waals surface area contributed by atoms with Gasteiger partial charge in [0.15, 0.2) is 0 Å². The molecular formula is C5H10O5. The number of hydrogen-bond donors (Lipinski definition) is 3. The number of aliphatic hydroxyl groups excluding tert-OH is 1. The van der Waals surface area contributed by atoms with Gasteiger partial charge in [-0.3, -0.25) is 10.1 Å². The summed E-state index contributed by atoms with van der Waals surface area (Å²) in [6, 6.07) is 0. The Morgan fingerprint density at radius 1 is 1.70 bits per heavy atom. The molecule has 5 nitrogen and oxygen atoms in total. The van der Waals surface area contributed by atoms with Crippen LogP contribution in [0.4, 0.5) is 0 Å². The van der Waals surface area contributed by atoms with E-state index in [1.54, 1.807) is 0 Å². The third kappa shape index (κ3) is 2.77. The fourth-order valence-corrected chi connectivity index (χ4v) is 0.385. The Hall–Kier alpha value is -0.650. The van der Waals surface area contributed by atoms with Crippen LogP contribution < -0.4 is 0 Å². The molecule has 0 bridgehead atoms. The second-order valence-corrected chi connectivity index (χ2v) is 1.99. The van der Waals surface area contributed by atoms with Crippen LogP contribution in [0.2, 0.25) is 0 Å². The zero-order valence-electron chi connectivity index (χ0n) is 5.52. The van der Waals surface area contributed by atoms with Crippen molar-refractivity contribution in [2.45, 2.75) is 13.0 Å². The zero-order valence-corrected chi connectivity index (χ0v) is 5.52. The third-order valence-electron chi connectivity index (χ3n) is 1.21. The molecule has 2 unspecified atom stereocenters. The zero-order chi connectivity index (χ0) is 8.15. The van der Waals surface area contributed by atoms with Gasteiger partial charge in [0.25, 0.3) is 0 Å². The Balaban J connectivity index is 3.69. The highest BCUT2D eigenvalue weighted by atomic mass is 17.1. The van der Waals surface area contributed by atoms with Gasteiger partial charge in [-0.15, -0.1) is 0 Å². The first-order valence-electron chi connectivity index (χ1n) is 2.76. The number of rotatable bonds is 4. The molecule has 3 N–H and O–H groups in total. The summed E-state index contributed by atoms with van der Waals surface area (Å²) < 4.78 is 0. The summed E-state index contributed by atoms with van der Waals surface area (Å²) in [5.74, 6) is -2.04. The van der Waals surface area contributed by atoms with Gasteiger partial charge in [0.1, 0.15) is 6.61 Å². The molecule has 60 valence electrons. The van der Waals surface area contributed by atoms with Crippen LogP contribution in [-0.4, -0.2) is 34.2 Å². The van der Waals surface area contributed by atoms with Crippen LogP contribution in [0.25, 0.3) is 0 Å². The normalized spacial score (nSPS) is 16.3. The highest BCUT2D eigenvalue weighted by Gasteiger charge is 2.20. The lowest BCUT2D eigenvalue weighted by Gasteiger charge is -2.11. The monoisotopic (exact) mass is 150 g/mol. The summed E-state index contributed by atoms with van der Waals surface area (Å²) >= 11 is 0. The van der Waals surface area contributed by atoms with Crippen LogP contribution in [-0.2, 0) is 9.68 Å². The second-order valence-electron chi connectivity index (χ2n) is 1.99. The lowest BCUT2D eigenvalue weighted by atomic mass is 10.1. The molecule has 2 atom stereocenters. The van der Waals surface area contributed by atoms with Crippen molar-refractivity contribution >= 4 is 5.97 Å². The molecule has 0 saturated heterocycles. The summed E-state index contributed by atoms with van der Waals surface area (Å²) in [7, 11) is 0. The average molecular weight is 150 g/mol. The Morgan fingerprint density at radius 3 is 2.50 bits per heavy atom. The van der Waals surface area contributed by atoms with E-state index in [4.69, 9.17) is 15.5 Å². The van der Waals surface area contributed by atoms with Crippen LogP contribution in [0.3, 0.4) is 0 Å². The smallest absolute Gasteiger partial charge is 0.308 e. The summed E-state index contributed by atoms with van der Waals surface area (Å²) in [4.78, 5) is 13.7. The molecule has 0 amide bonds. The first-order valence-corrected chi connectivity index (χ1v) is 2.76. The lowest BCUT2D eigenvalue weighted by Crippen LogP contribution is -2.29. The Kier molecular flexibility index (Phi) is 3.94. The highest BCUT2D eigenvalue weighted by molar-refractivity contribution is 5.70. The van der Waals surface area contributed by atoms with E-state index in [0.717, 1.165) is 0 Å². The van der Waals surface area contributed by atoms with Gasteiger partial charge in [-0.25, -0.2) is 4.89 Å². The summed E-state index contributed by atoms with van der Waals surface area (Å²) in [6.45, 7) is 0.944.